The van der Waals surface area contributed by atoms with Crippen LogP contribution in [0.5, 0.6) is 5.75 Å². The van der Waals surface area contributed by atoms with Gasteiger partial charge in [-0.3, -0.25) is 4.21 Å². The Balaban J connectivity index is 2.29. The van der Waals surface area contributed by atoms with Crippen molar-refractivity contribution in [3.8, 4) is 11.8 Å². The summed E-state index contributed by atoms with van der Waals surface area (Å²) >= 11 is 0. The zero-order valence-electron chi connectivity index (χ0n) is 10.8. The molecule has 5 heteroatoms. The van der Waals surface area contributed by atoms with E-state index in [0.29, 0.717) is 21.8 Å². The molecule has 0 fully saturated rings. The second-order valence-corrected chi connectivity index (χ2v) is 5.54. The molecule has 0 N–H and O–H groups in total. The molecular weight excluding hydrogens is 277 g/mol. The summed E-state index contributed by atoms with van der Waals surface area (Å²) in [5.41, 5.74) is 1.13. The minimum atomic E-state index is -1.40. The summed E-state index contributed by atoms with van der Waals surface area (Å²) < 4.78 is 30.6. The highest BCUT2D eigenvalue weighted by atomic mass is 32.2. The molecule has 0 aliphatic carbocycles. The van der Waals surface area contributed by atoms with E-state index in [-0.39, 0.29) is 5.75 Å². The number of nitriles is 1. The van der Waals surface area contributed by atoms with Gasteiger partial charge in [-0.2, -0.15) is 5.26 Å². The molecule has 0 saturated heterocycles. The maximum absolute atomic E-state index is 13.1. The summed E-state index contributed by atoms with van der Waals surface area (Å²) in [5, 5.41) is 8.90. The first-order valence-corrected chi connectivity index (χ1v) is 7.17. The van der Waals surface area contributed by atoms with Gasteiger partial charge in [-0.25, -0.2) is 4.39 Å². The molecule has 2 rings (SSSR count). The number of nitrogens with zero attached hydrogens (tertiary/aromatic N) is 1. The lowest BCUT2D eigenvalue weighted by Crippen LogP contribution is -2.00. The monoisotopic (exact) mass is 289 g/mol. The van der Waals surface area contributed by atoms with E-state index in [2.05, 4.69) is 0 Å². The summed E-state index contributed by atoms with van der Waals surface area (Å²) in [6.07, 6.45) is 0. The van der Waals surface area contributed by atoms with Gasteiger partial charge in [0, 0.05) is 10.5 Å². The van der Waals surface area contributed by atoms with Crippen molar-refractivity contribution in [2.24, 2.45) is 0 Å². The summed E-state index contributed by atoms with van der Waals surface area (Å²) in [4.78, 5) is 0.411. The van der Waals surface area contributed by atoms with Crippen LogP contribution in [0.15, 0.2) is 47.4 Å². The number of hydrogen-bond donors (Lipinski definition) is 0. The Bertz CT molecular complexity index is 695. The molecule has 0 radical (unpaired) electrons. The summed E-state index contributed by atoms with van der Waals surface area (Å²) in [7, 11) is 0.114. The third-order valence-electron chi connectivity index (χ3n) is 2.76. The molecule has 0 heterocycles. The number of hydrogen-bond acceptors (Lipinski definition) is 3. The molecule has 0 spiro atoms. The Morgan fingerprint density at radius 2 is 2.10 bits per heavy atom. The van der Waals surface area contributed by atoms with Gasteiger partial charge in [0.05, 0.1) is 35.3 Å². The van der Waals surface area contributed by atoms with E-state index >= 15 is 0 Å². The van der Waals surface area contributed by atoms with Gasteiger partial charge < -0.3 is 4.74 Å². The standard InChI is InChI=1S/C15H12FNO2S/c1-19-15-6-5-11(9-17)7-12(15)10-20(18)14-4-2-3-13(16)8-14/h2-8H,10H2,1H3. The fourth-order valence-electron chi connectivity index (χ4n) is 1.79. The molecule has 0 aliphatic heterocycles. The highest BCUT2D eigenvalue weighted by Gasteiger charge is 2.11. The van der Waals surface area contributed by atoms with Crippen LogP contribution in [0, 0.1) is 17.1 Å². The van der Waals surface area contributed by atoms with Gasteiger partial charge in [0.25, 0.3) is 0 Å². The molecule has 1 unspecified atom stereocenters. The average molecular weight is 289 g/mol. The van der Waals surface area contributed by atoms with Gasteiger partial charge in [0.15, 0.2) is 0 Å². The lowest BCUT2D eigenvalue weighted by Gasteiger charge is -2.09. The quantitative estimate of drug-likeness (QED) is 0.869. The van der Waals surface area contributed by atoms with Gasteiger partial charge in [0.2, 0.25) is 0 Å². The number of halogens is 1. The van der Waals surface area contributed by atoms with Crippen molar-refractivity contribution in [3.05, 3.63) is 59.4 Å². The van der Waals surface area contributed by atoms with Crippen LogP contribution in [0.3, 0.4) is 0 Å². The van der Waals surface area contributed by atoms with Gasteiger partial charge in [-0.1, -0.05) is 6.07 Å². The molecule has 2 aromatic rings. The Morgan fingerprint density at radius 1 is 1.30 bits per heavy atom. The van der Waals surface area contributed by atoms with Crippen molar-refractivity contribution in [2.45, 2.75) is 10.6 Å². The van der Waals surface area contributed by atoms with E-state index in [1.807, 2.05) is 6.07 Å². The number of methoxy groups -OCH3 is 1. The van der Waals surface area contributed by atoms with E-state index in [9.17, 15) is 8.60 Å². The molecule has 20 heavy (non-hydrogen) atoms. The van der Waals surface area contributed by atoms with Crippen molar-refractivity contribution in [1.29, 1.82) is 5.26 Å². The van der Waals surface area contributed by atoms with Crippen LogP contribution in [-0.2, 0) is 16.6 Å². The Hall–Kier alpha value is -2.19. The largest absolute Gasteiger partial charge is 0.496 e. The summed E-state index contributed by atoms with van der Waals surface area (Å²) in [6.45, 7) is 0. The summed E-state index contributed by atoms with van der Waals surface area (Å²) in [5.74, 6) is 0.310. The predicted molar refractivity (Wildman–Crippen MR) is 74.2 cm³/mol. The maximum atomic E-state index is 13.1. The maximum Gasteiger partial charge on any atom is 0.124 e. The first kappa shape index (κ1) is 14.2. The topological polar surface area (TPSA) is 50.1 Å². The minimum absolute atomic E-state index is 0.169. The fourth-order valence-corrected chi connectivity index (χ4v) is 2.94. The predicted octanol–water partition coefficient (Wildman–Crippen LogP) is 3.01. The van der Waals surface area contributed by atoms with Crippen LogP contribution in [-0.4, -0.2) is 11.3 Å². The van der Waals surface area contributed by atoms with E-state index in [0.717, 1.165) is 0 Å². The SMILES string of the molecule is COc1ccc(C#N)cc1CS(=O)c1cccc(F)c1. The number of benzene rings is 2. The Kier molecular flexibility index (Phi) is 4.49. The first-order chi connectivity index (χ1) is 9.63. The Morgan fingerprint density at radius 3 is 2.75 bits per heavy atom. The zero-order chi connectivity index (χ0) is 14.5. The third-order valence-corrected chi connectivity index (χ3v) is 4.11. The van der Waals surface area contributed by atoms with Crippen LogP contribution in [0.4, 0.5) is 4.39 Å². The van der Waals surface area contributed by atoms with Crippen molar-refractivity contribution in [3.63, 3.8) is 0 Å². The van der Waals surface area contributed by atoms with Crippen LogP contribution in [0.25, 0.3) is 0 Å². The molecule has 0 saturated carbocycles. The molecule has 0 amide bonds. The zero-order valence-corrected chi connectivity index (χ0v) is 11.6. The highest BCUT2D eigenvalue weighted by molar-refractivity contribution is 7.84. The van der Waals surface area contributed by atoms with Gasteiger partial charge in [-0.15, -0.1) is 0 Å². The van der Waals surface area contributed by atoms with Crippen molar-refractivity contribution < 1.29 is 13.3 Å². The van der Waals surface area contributed by atoms with Crippen LogP contribution < -0.4 is 4.74 Å². The van der Waals surface area contributed by atoms with Gasteiger partial charge in [0.1, 0.15) is 11.6 Å². The molecule has 2 aromatic carbocycles. The van der Waals surface area contributed by atoms with Crippen molar-refractivity contribution in [1.82, 2.24) is 0 Å². The second kappa shape index (κ2) is 6.31. The molecule has 1 atom stereocenters. The van der Waals surface area contributed by atoms with E-state index in [4.69, 9.17) is 10.00 Å². The lowest BCUT2D eigenvalue weighted by molar-refractivity contribution is 0.411. The van der Waals surface area contributed by atoms with E-state index in [1.165, 1.54) is 25.3 Å². The Labute approximate surface area is 119 Å². The lowest BCUT2D eigenvalue weighted by atomic mass is 10.1. The van der Waals surface area contributed by atoms with Crippen LogP contribution in [0.2, 0.25) is 0 Å². The number of rotatable bonds is 4. The third kappa shape index (κ3) is 3.22. The fraction of sp³-hybridized carbons (Fsp3) is 0.133. The molecule has 3 nitrogen and oxygen atoms in total. The van der Waals surface area contributed by atoms with Crippen molar-refractivity contribution >= 4 is 10.8 Å². The summed E-state index contributed by atoms with van der Waals surface area (Å²) in [6, 6.07) is 12.6. The van der Waals surface area contributed by atoms with E-state index < -0.39 is 16.6 Å². The number of ether oxygens (including phenoxy) is 1. The molecule has 0 aliphatic rings. The van der Waals surface area contributed by atoms with Crippen LogP contribution in [0.1, 0.15) is 11.1 Å². The minimum Gasteiger partial charge on any atom is -0.496 e. The van der Waals surface area contributed by atoms with E-state index in [1.54, 1.807) is 24.3 Å². The average Bonchev–Trinajstić information content (AvgIpc) is 2.47. The van der Waals surface area contributed by atoms with Gasteiger partial charge >= 0.3 is 0 Å². The molecular formula is C15H12FNO2S. The van der Waals surface area contributed by atoms with Gasteiger partial charge in [-0.05, 0) is 36.4 Å². The molecule has 102 valence electrons. The molecule has 0 aromatic heterocycles. The highest BCUT2D eigenvalue weighted by Crippen LogP contribution is 2.23. The smallest absolute Gasteiger partial charge is 0.124 e. The second-order valence-electron chi connectivity index (χ2n) is 4.09. The van der Waals surface area contributed by atoms with Crippen LogP contribution >= 0.6 is 0 Å². The first-order valence-electron chi connectivity index (χ1n) is 5.85. The van der Waals surface area contributed by atoms with Crippen molar-refractivity contribution in [2.75, 3.05) is 7.11 Å². The normalized spacial score (nSPS) is 11.7. The molecule has 0 bridgehead atoms.